The number of hydrogen-bond donors (Lipinski definition) is 3. The average molecular weight is 622 g/mol. The number of para-hydroxylation sites is 2. The molecule has 2 aliphatic rings. The summed E-state index contributed by atoms with van der Waals surface area (Å²) in [6, 6.07) is 14.5. The van der Waals surface area contributed by atoms with Crippen molar-refractivity contribution in [3.63, 3.8) is 0 Å². The molecule has 0 aliphatic carbocycles. The second-order valence-corrected chi connectivity index (χ2v) is 12.6. The fourth-order valence-corrected chi connectivity index (χ4v) is 7.35. The SMILES string of the molecule is Cn1c(=O)n(C2CCC(=O)NC2=O)c2cccc(CCCCCN3CCC(c4c[nH]c5nnc(-c6ccccc6O)cc45)CC3)c21. The van der Waals surface area contributed by atoms with Gasteiger partial charge in [0.15, 0.2) is 5.65 Å². The number of carbonyl (C=O) groups is 2. The zero-order valence-electron chi connectivity index (χ0n) is 26.0. The zero-order chi connectivity index (χ0) is 31.8. The van der Waals surface area contributed by atoms with E-state index in [0.29, 0.717) is 23.6 Å². The van der Waals surface area contributed by atoms with E-state index < -0.39 is 11.9 Å². The number of imidazole rings is 1. The number of H-pyrrole nitrogens is 1. The molecule has 0 bridgehead atoms. The third-order valence-electron chi connectivity index (χ3n) is 9.81. The Morgan fingerprint density at radius 1 is 0.957 bits per heavy atom. The van der Waals surface area contributed by atoms with Crippen LogP contribution in [0.25, 0.3) is 33.3 Å². The van der Waals surface area contributed by atoms with Gasteiger partial charge in [-0.15, -0.1) is 10.2 Å². The molecular formula is C35H39N7O4. The molecule has 1 atom stereocenters. The Hall–Kier alpha value is -4.77. The number of nitrogens with zero attached hydrogens (tertiary/aromatic N) is 5. The van der Waals surface area contributed by atoms with E-state index in [2.05, 4.69) is 37.7 Å². The minimum absolute atomic E-state index is 0.202. The summed E-state index contributed by atoms with van der Waals surface area (Å²) in [5.74, 6) is -0.0436. The monoisotopic (exact) mass is 621 g/mol. The molecule has 2 aromatic carbocycles. The van der Waals surface area contributed by atoms with Gasteiger partial charge in [-0.1, -0.05) is 30.7 Å². The minimum atomic E-state index is -0.667. The molecule has 2 saturated heterocycles. The number of fused-ring (bicyclic) bond motifs is 2. The van der Waals surface area contributed by atoms with E-state index >= 15 is 0 Å². The van der Waals surface area contributed by atoms with Crippen LogP contribution in [0.2, 0.25) is 0 Å². The van der Waals surface area contributed by atoms with Gasteiger partial charge in [-0.3, -0.25) is 24.0 Å². The second kappa shape index (κ2) is 12.6. The average Bonchev–Trinajstić information content (AvgIpc) is 3.60. The molecule has 11 nitrogen and oxygen atoms in total. The Bertz CT molecular complexity index is 1980. The Labute approximate surface area is 266 Å². The topological polar surface area (TPSA) is 138 Å². The first kappa shape index (κ1) is 29.9. The fourth-order valence-electron chi connectivity index (χ4n) is 7.35. The van der Waals surface area contributed by atoms with Gasteiger partial charge >= 0.3 is 5.69 Å². The molecule has 2 fully saturated rings. The van der Waals surface area contributed by atoms with E-state index in [1.54, 1.807) is 28.3 Å². The van der Waals surface area contributed by atoms with Crippen molar-refractivity contribution in [2.75, 3.05) is 19.6 Å². The first-order valence-corrected chi connectivity index (χ1v) is 16.3. The number of aromatic hydroxyl groups is 1. The molecule has 0 radical (unpaired) electrons. The van der Waals surface area contributed by atoms with E-state index in [4.69, 9.17) is 0 Å². The Morgan fingerprint density at radius 2 is 1.78 bits per heavy atom. The van der Waals surface area contributed by atoms with Crippen LogP contribution < -0.4 is 11.0 Å². The molecule has 7 rings (SSSR count). The lowest BCUT2D eigenvalue weighted by Crippen LogP contribution is -2.44. The van der Waals surface area contributed by atoms with Crippen LogP contribution in [-0.2, 0) is 23.1 Å². The lowest BCUT2D eigenvalue weighted by atomic mass is 9.89. The molecule has 1 unspecified atom stereocenters. The van der Waals surface area contributed by atoms with Gasteiger partial charge in [0.1, 0.15) is 11.8 Å². The summed E-state index contributed by atoms with van der Waals surface area (Å²) in [6.07, 6.45) is 8.89. The summed E-state index contributed by atoms with van der Waals surface area (Å²) in [5, 5.41) is 22.5. The van der Waals surface area contributed by atoms with Gasteiger partial charge in [0, 0.05) is 30.6 Å². The van der Waals surface area contributed by atoms with E-state index in [1.807, 2.05) is 30.3 Å². The zero-order valence-corrected chi connectivity index (χ0v) is 26.0. The van der Waals surface area contributed by atoms with Crippen LogP contribution in [-0.4, -0.2) is 65.8 Å². The smallest absolute Gasteiger partial charge is 0.329 e. The molecule has 2 aliphatic heterocycles. The quantitative estimate of drug-likeness (QED) is 0.162. The van der Waals surface area contributed by atoms with Crippen LogP contribution in [0.3, 0.4) is 0 Å². The standard InChI is InChI=1S/C35H39N7O4/c1-40-32-23(9-7-11-28(32)42(35(40)46)29-13-14-31(44)37-34(29)45)8-3-2-6-17-41-18-15-22(16-19-41)26-21-36-33-25(26)20-27(38-39-33)24-10-4-5-12-30(24)43/h4-5,7,9-12,20-22,29,43H,2-3,6,8,13-19H2,1H3,(H,36,39)(H,37,44,45). The van der Waals surface area contributed by atoms with Crippen molar-refractivity contribution in [2.45, 2.75) is 63.3 Å². The van der Waals surface area contributed by atoms with Crippen molar-refractivity contribution in [1.29, 1.82) is 0 Å². The van der Waals surface area contributed by atoms with Gasteiger partial charge in [-0.2, -0.15) is 0 Å². The Balaban J connectivity index is 0.930. The highest BCUT2D eigenvalue weighted by Gasteiger charge is 2.31. The highest BCUT2D eigenvalue weighted by molar-refractivity contribution is 6.00. The molecule has 0 saturated carbocycles. The second-order valence-electron chi connectivity index (χ2n) is 12.6. The van der Waals surface area contributed by atoms with Gasteiger partial charge in [0.05, 0.1) is 16.7 Å². The number of benzene rings is 2. The first-order chi connectivity index (χ1) is 22.4. The van der Waals surface area contributed by atoms with Crippen LogP contribution in [0.1, 0.15) is 68.0 Å². The Kier molecular flexibility index (Phi) is 8.16. The van der Waals surface area contributed by atoms with Crippen molar-refractivity contribution >= 4 is 33.9 Å². The maximum Gasteiger partial charge on any atom is 0.329 e. The van der Waals surface area contributed by atoms with Crippen molar-refractivity contribution in [3.8, 4) is 17.0 Å². The summed E-state index contributed by atoms with van der Waals surface area (Å²) in [7, 11) is 1.76. The molecule has 5 aromatic rings. The lowest BCUT2D eigenvalue weighted by molar-refractivity contribution is -0.135. The van der Waals surface area contributed by atoms with E-state index in [0.717, 1.165) is 85.8 Å². The molecule has 46 heavy (non-hydrogen) atoms. The van der Waals surface area contributed by atoms with Gasteiger partial charge in [-0.05, 0) is 99.5 Å². The van der Waals surface area contributed by atoms with Gasteiger partial charge < -0.3 is 15.0 Å². The van der Waals surface area contributed by atoms with Crippen molar-refractivity contribution < 1.29 is 14.7 Å². The van der Waals surface area contributed by atoms with Gasteiger partial charge in [0.25, 0.3) is 0 Å². The molecule has 0 spiro atoms. The molecule has 5 heterocycles. The maximum absolute atomic E-state index is 13.2. The minimum Gasteiger partial charge on any atom is -0.507 e. The highest BCUT2D eigenvalue weighted by Crippen LogP contribution is 2.35. The summed E-state index contributed by atoms with van der Waals surface area (Å²) < 4.78 is 3.20. The number of piperidine rings is 2. The number of aryl methyl sites for hydroxylation is 2. The molecule has 11 heteroatoms. The largest absolute Gasteiger partial charge is 0.507 e. The molecular weight excluding hydrogens is 582 g/mol. The van der Waals surface area contributed by atoms with Crippen LogP contribution in [0.15, 0.2) is 59.5 Å². The molecule has 3 N–H and O–H groups in total. The fraction of sp³-hybridized carbons (Fsp3) is 0.400. The number of unbranched alkanes of at least 4 members (excludes halogenated alkanes) is 2. The normalized spacial score (nSPS) is 18.1. The number of aromatic amines is 1. The number of rotatable bonds is 9. The van der Waals surface area contributed by atoms with Crippen LogP contribution in [0.4, 0.5) is 0 Å². The first-order valence-electron chi connectivity index (χ1n) is 16.3. The third kappa shape index (κ3) is 5.60. The number of aromatic nitrogens is 5. The molecule has 2 amide bonds. The van der Waals surface area contributed by atoms with E-state index in [-0.39, 0.29) is 23.8 Å². The number of phenols is 1. The van der Waals surface area contributed by atoms with E-state index in [9.17, 15) is 19.5 Å². The van der Waals surface area contributed by atoms with Gasteiger partial charge in [-0.25, -0.2) is 4.79 Å². The summed E-state index contributed by atoms with van der Waals surface area (Å²) >= 11 is 0. The van der Waals surface area contributed by atoms with E-state index in [1.165, 1.54) is 5.56 Å². The van der Waals surface area contributed by atoms with Crippen molar-refractivity contribution in [1.82, 2.24) is 34.5 Å². The van der Waals surface area contributed by atoms with Crippen LogP contribution >= 0.6 is 0 Å². The Morgan fingerprint density at radius 3 is 2.59 bits per heavy atom. The number of amides is 2. The molecule has 238 valence electrons. The number of nitrogens with one attached hydrogen (secondary N) is 2. The molecule has 3 aromatic heterocycles. The van der Waals surface area contributed by atoms with Crippen molar-refractivity contribution in [2.24, 2.45) is 7.05 Å². The van der Waals surface area contributed by atoms with Crippen LogP contribution in [0, 0.1) is 0 Å². The van der Waals surface area contributed by atoms with Crippen LogP contribution in [0.5, 0.6) is 5.75 Å². The number of hydrogen-bond acceptors (Lipinski definition) is 7. The summed E-state index contributed by atoms with van der Waals surface area (Å²) in [6.45, 7) is 3.17. The number of likely N-dealkylation sites (tertiary alicyclic amines) is 1. The van der Waals surface area contributed by atoms with Gasteiger partial charge in [0.2, 0.25) is 11.8 Å². The highest BCUT2D eigenvalue weighted by atomic mass is 16.3. The third-order valence-corrected chi connectivity index (χ3v) is 9.81. The summed E-state index contributed by atoms with van der Waals surface area (Å²) in [4.78, 5) is 43.3. The number of carbonyl (C=O) groups excluding carboxylic acids is 2. The number of phenolic OH excluding ortho intramolecular Hbond substituents is 1. The predicted octanol–water partition coefficient (Wildman–Crippen LogP) is 4.55. The number of imide groups is 1. The van der Waals surface area contributed by atoms with Crippen molar-refractivity contribution in [3.05, 3.63) is 76.3 Å². The summed E-state index contributed by atoms with van der Waals surface area (Å²) in [5.41, 5.74) is 5.92. The lowest BCUT2D eigenvalue weighted by Gasteiger charge is -2.32. The predicted molar refractivity (Wildman–Crippen MR) is 176 cm³/mol. The maximum atomic E-state index is 13.2.